The number of carbonyl (C=O) groups excluding carboxylic acids is 2. The van der Waals surface area contributed by atoms with Gasteiger partial charge in [-0.1, -0.05) is 30.3 Å². The van der Waals surface area contributed by atoms with Gasteiger partial charge in [-0.3, -0.25) is 9.59 Å². The van der Waals surface area contributed by atoms with Gasteiger partial charge in [-0.05, 0) is 45.2 Å². The van der Waals surface area contributed by atoms with Crippen molar-refractivity contribution in [2.24, 2.45) is 0 Å². The maximum Gasteiger partial charge on any atom is 0.317 e. The van der Waals surface area contributed by atoms with Crippen LogP contribution in [0.3, 0.4) is 0 Å². The Hall–Kier alpha value is -2.40. The van der Waals surface area contributed by atoms with Crippen LogP contribution in [0.4, 0.5) is 0 Å². The topological polar surface area (TPSA) is 57.5 Å². The largest absolute Gasteiger partial charge is 0.457 e. The van der Waals surface area contributed by atoms with E-state index >= 15 is 0 Å². The molecule has 5 nitrogen and oxygen atoms in total. The minimum atomic E-state index is -0.564. The highest BCUT2D eigenvalue weighted by molar-refractivity contribution is 6.00. The molecule has 0 amide bonds. The Morgan fingerprint density at radius 3 is 2.44 bits per heavy atom. The molecule has 0 bridgehead atoms. The lowest BCUT2D eigenvalue weighted by Gasteiger charge is -2.18. The first-order valence-corrected chi connectivity index (χ1v) is 9.34. The average Bonchev–Trinajstić information content (AvgIpc) is 3.41. The first-order chi connectivity index (χ1) is 12.9. The van der Waals surface area contributed by atoms with Gasteiger partial charge in [-0.25, -0.2) is 0 Å². The molecule has 27 heavy (non-hydrogen) atoms. The third-order valence-electron chi connectivity index (χ3n) is 5.43. The minimum absolute atomic E-state index is 0.131. The van der Waals surface area contributed by atoms with Crippen LogP contribution >= 0.6 is 0 Å². The molecule has 1 aromatic heterocycles. The van der Waals surface area contributed by atoms with Crippen molar-refractivity contribution in [1.82, 2.24) is 4.57 Å². The molecule has 0 spiro atoms. The molecule has 1 unspecified atom stereocenters. The Labute approximate surface area is 160 Å². The molecule has 3 rings (SSSR count). The summed E-state index contributed by atoms with van der Waals surface area (Å²) in [5.74, 6) is -0.472. The highest BCUT2D eigenvalue weighted by Gasteiger charge is 2.52. The predicted molar refractivity (Wildman–Crippen MR) is 103 cm³/mol. The average molecular weight is 369 g/mol. The molecule has 1 aromatic carbocycles. The van der Waals surface area contributed by atoms with E-state index in [4.69, 9.17) is 9.47 Å². The summed E-state index contributed by atoms with van der Waals surface area (Å²) >= 11 is 0. The number of aromatic nitrogens is 1. The molecule has 1 aliphatic rings. The maximum absolute atomic E-state index is 12.7. The summed E-state index contributed by atoms with van der Waals surface area (Å²) in [6.45, 7) is 6.28. The Kier molecular flexibility index (Phi) is 5.51. The molecule has 0 aliphatic heterocycles. The number of aryl methyl sites for hydroxylation is 1. The second-order valence-corrected chi connectivity index (χ2v) is 7.41. The molecule has 1 heterocycles. The van der Waals surface area contributed by atoms with Crippen molar-refractivity contribution in [3.63, 3.8) is 0 Å². The number of ketones is 1. The van der Waals surface area contributed by atoms with Crippen molar-refractivity contribution >= 4 is 11.8 Å². The molecule has 5 heteroatoms. The SMILES string of the molecule is COCC(C)n1c(C)cc(C(=O)COC(=O)C2(c3ccccc3)CC2)c1C. The predicted octanol–water partition coefficient (Wildman–Crippen LogP) is 3.77. The number of esters is 1. The zero-order valence-corrected chi connectivity index (χ0v) is 16.5. The number of rotatable bonds is 8. The van der Waals surface area contributed by atoms with E-state index in [2.05, 4.69) is 11.5 Å². The van der Waals surface area contributed by atoms with Crippen LogP contribution in [0, 0.1) is 13.8 Å². The van der Waals surface area contributed by atoms with Gasteiger partial charge in [0.1, 0.15) is 0 Å². The van der Waals surface area contributed by atoms with Gasteiger partial charge in [-0.15, -0.1) is 0 Å². The van der Waals surface area contributed by atoms with Gasteiger partial charge < -0.3 is 14.0 Å². The van der Waals surface area contributed by atoms with Crippen LogP contribution in [0.2, 0.25) is 0 Å². The molecule has 1 saturated carbocycles. The fraction of sp³-hybridized carbons (Fsp3) is 0.455. The summed E-state index contributed by atoms with van der Waals surface area (Å²) in [7, 11) is 1.66. The van der Waals surface area contributed by atoms with Crippen LogP contribution in [-0.4, -0.2) is 36.6 Å². The summed E-state index contributed by atoms with van der Waals surface area (Å²) in [5, 5.41) is 0. The Balaban J connectivity index is 1.68. The highest BCUT2D eigenvalue weighted by atomic mass is 16.5. The normalized spacial score (nSPS) is 16.0. The van der Waals surface area contributed by atoms with E-state index in [0.717, 1.165) is 29.8 Å². The lowest BCUT2D eigenvalue weighted by Crippen LogP contribution is -2.26. The molecular formula is C22H27NO4. The molecular weight excluding hydrogens is 342 g/mol. The van der Waals surface area contributed by atoms with Gasteiger partial charge in [0, 0.05) is 24.1 Å². The zero-order chi connectivity index (χ0) is 19.6. The number of nitrogens with zero attached hydrogens (tertiary/aromatic N) is 1. The molecule has 2 aromatic rings. The van der Waals surface area contributed by atoms with E-state index in [1.54, 1.807) is 7.11 Å². The number of hydrogen-bond acceptors (Lipinski definition) is 4. The smallest absolute Gasteiger partial charge is 0.317 e. The maximum atomic E-state index is 12.7. The number of hydrogen-bond donors (Lipinski definition) is 0. The molecule has 1 aliphatic carbocycles. The molecule has 144 valence electrons. The van der Waals surface area contributed by atoms with Gasteiger partial charge in [0.05, 0.1) is 18.1 Å². The fourth-order valence-corrected chi connectivity index (χ4v) is 3.89. The standard InChI is InChI=1S/C22H27NO4/c1-15-12-19(17(3)23(15)16(2)13-26-4)20(24)14-27-21(25)22(10-11-22)18-8-6-5-7-9-18/h5-9,12,16H,10-11,13-14H2,1-4H3. The van der Waals surface area contributed by atoms with Gasteiger partial charge in [0.15, 0.2) is 6.61 Å². The van der Waals surface area contributed by atoms with Gasteiger partial charge >= 0.3 is 5.97 Å². The van der Waals surface area contributed by atoms with E-state index in [1.165, 1.54) is 0 Å². The molecule has 0 radical (unpaired) electrons. The second kappa shape index (κ2) is 7.69. The van der Waals surface area contributed by atoms with Gasteiger partial charge in [-0.2, -0.15) is 0 Å². The van der Waals surface area contributed by atoms with Crippen molar-refractivity contribution < 1.29 is 19.1 Å². The Morgan fingerprint density at radius 1 is 1.19 bits per heavy atom. The third-order valence-corrected chi connectivity index (χ3v) is 5.43. The number of benzene rings is 1. The van der Waals surface area contributed by atoms with Gasteiger partial charge in [0.25, 0.3) is 0 Å². The number of carbonyl (C=O) groups is 2. The van der Waals surface area contributed by atoms with E-state index in [9.17, 15) is 9.59 Å². The summed E-state index contributed by atoms with van der Waals surface area (Å²) in [4.78, 5) is 25.3. The van der Waals surface area contributed by atoms with Crippen LogP contribution in [0.5, 0.6) is 0 Å². The van der Waals surface area contributed by atoms with Crippen molar-refractivity contribution in [1.29, 1.82) is 0 Å². The fourth-order valence-electron chi connectivity index (χ4n) is 3.89. The second-order valence-electron chi connectivity index (χ2n) is 7.41. The van der Waals surface area contributed by atoms with Crippen LogP contribution in [0.15, 0.2) is 36.4 Å². The minimum Gasteiger partial charge on any atom is -0.457 e. The first kappa shape index (κ1) is 19.4. The van der Waals surface area contributed by atoms with Crippen LogP contribution in [0.1, 0.15) is 53.1 Å². The van der Waals surface area contributed by atoms with Crippen molar-refractivity contribution in [3.8, 4) is 0 Å². The first-order valence-electron chi connectivity index (χ1n) is 9.34. The quantitative estimate of drug-likeness (QED) is 0.525. The third kappa shape index (κ3) is 3.69. The lowest BCUT2D eigenvalue weighted by atomic mass is 9.96. The number of ether oxygens (including phenoxy) is 2. The van der Waals surface area contributed by atoms with E-state index in [0.29, 0.717) is 12.2 Å². The molecule has 0 N–H and O–H groups in total. The van der Waals surface area contributed by atoms with Crippen LogP contribution in [0.25, 0.3) is 0 Å². The number of Topliss-reactive ketones (excluding diaryl/α,β-unsaturated/α-hetero) is 1. The van der Waals surface area contributed by atoms with Crippen LogP contribution in [-0.2, 0) is 19.7 Å². The highest BCUT2D eigenvalue weighted by Crippen LogP contribution is 2.49. The summed E-state index contributed by atoms with van der Waals surface area (Å²) in [5.41, 5.74) is 2.88. The summed E-state index contributed by atoms with van der Waals surface area (Å²) in [6, 6.07) is 11.7. The van der Waals surface area contributed by atoms with Crippen molar-refractivity contribution in [2.75, 3.05) is 20.3 Å². The van der Waals surface area contributed by atoms with Crippen molar-refractivity contribution in [3.05, 3.63) is 58.9 Å². The van der Waals surface area contributed by atoms with Crippen LogP contribution < -0.4 is 0 Å². The molecule has 1 fully saturated rings. The Bertz CT molecular complexity index is 833. The monoisotopic (exact) mass is 369 g/mol. The summed E-state index contributed by atoms with van der Waals surface area (Å²) < 4.78 is 12.7. The summed E-state index contributed by atoms with van der Waals surface area (Å²) in [6.07, 6.45) is 1.54. The molecule has 0 saturated heterocycles. The van der Waals surface area contributed by atoms with Gasteiger partial charge in [0.2, 0.25) is 5.78 Å². The lowest BCUT2D eigenvalue weighted by molar-refractivity contribution is -0.145. The molecule has 1 atom stereocenters. The number of methoxy groups -OCH3 is 1. The Morgan fingerprint density at radius 2 is 1.85 bits per heavy atom. The van der Waals surface area contributed by atoms with Crippen molar-refractivity contribution in [2.45, 2.75) is 45.1 Å². The zero-order valence-electron chi connectivity index (χ0n) is 16.5. The van der Waals surface area contributed by atoms with E-state index in [1.807, 2.05) is 50.2 Å². The van der Waals surface area contributed by atoms with E-state index < -0.39 is 5.41 Å². The van der Waals surface area contributed by atoms with E-state index in [-0.39, 0.29) is 24.4 Å².